The zero-order chi connectivity index (χ0) is 24.6. The van der Waals surface area contributed by atoms with Crippen LogP contribution >= 0.6 is 15.9 Å². The molecule has 2 amide bonds. The number of β-amino-alcohol motifs (C(OH)–C–C–N with tert-alkyl or cyclic N) is 1. The number of aromatic nitrogens is 2. The zero-order valence-electron chi connectivity index (χ0n) is 20.0. The standard InChI is InChI=1S/C24H33BrN4O4/c1-23(2,3)19(28-22(32)33-24(4,5)6)21(31)29-13-16(30)11-18(29)20-26-12-17(27-20)14-7-9-15(25)10-8-14/h7-10,12,16,18-19,30H,11,13H2,1-6H3,(H,26,27)(H,28,32)/t16-,18+,19?/m1/s1. The van der Waals surface area contributed by atoms with Crippen molar-refractivity contribution in [3.05, 3.63) is 40.8 Å². The number of nitrogens with one attached hydrogen (secondary N) is 2. The van der Waals surface area contributed by atoms with E-state index in [1.807, 2.05) is 45.0 Å². The van der Waals surface area contributed by atoms with Gasteiger partial charge in [0.2, 0.25) is 5.91 Å². The van der Waals surface area contributed by atoms with Crippen molar-refractivity contribution in [2.75, 3.05) is 6.54 Å². The van der Waals surface area contributed by atoms with Gasteiger partial charge in [-0.3, -0.25) is 4.79 Å². The second kappa shape index (κ2) is 9.46. The number of imidazole rings is 1. The molecule has 3 atom stereocenters. The molecule has 1 aliphatic heterocycles. The topological polar surface area (TPSA) is 108 Å². The summed E-state index contributed by atoms with van der Waals surface area (Å²) in [4.78, 5) is 35.5. The molecule has 1 aromatic heterocycles. The molecule has 0 spiro atoms. The maximum absolute atomic E-state index is 13.6. The molecular formula is C24H33BrN4O4. The van der Waals surface area contributed by atoms with Gasteiger partial charge in [0.1, 0.15) is 17.5 Å². The fourth-order valence-corrected chi connectivity index (χ4v) is 4.10. The third-order valence-electron chi connectivity index (χ3n) is 5.40. The molecule has 1 aromatic carbocycles. The van der Waals surface area contributed by atoms with Crippen LogP contribution in [0.1, 0.15) is 59.8 Å². The molecule has 1 fully saturated rings. The lowest BCUT2D eigenvalue weighted by molar-refractivity contribution is -0.137. The van der Waals surface area contributed by atoms with Crippen LogP contribution in [0.2, 0.25) is 0 Å². The Bertz CT molecular complexity index is 991. The monoisotopic (exact) mass is 520 g/mol. The smallest absolute Gasteiger partial charge is 0.408 e. The summed E-state index contributed by atoms with van der Waals surface area (Å²) in [6.07, 6.45) is 0.763. The average molecular weight is 521 g/mol. The van der Waals surface area contributed by atoms with Gasteiger partial charge >= 0.3 is 6.09 Å². The minimum atomic E-state index is -0.832. The van der Waals surface area contributed by atoms with Gasteiger partial charge in [-0.15, -0.1) is 0 Å². The number of nitrogens with zero attached hydrogens (tertiary/aromatic N) is 2. The zero-order valence-corrected chi connectivity index (χ0v) is 21.6. The molecule has 2 heterocycles. The highest BCUT2D eigenvalue weighted by Crippen LogP contribution is 2.34. The van der Waals surface area contributed by atoms with Gasteiger partial charge in [0.25, 0.3) is 0 Å². The maximum atomic E-state index is 13.6. The van der Waals surface area contributed by atoms with Gasteiger partial charge in [-0.2, -0.15) is 0 Å². The number of benzene rings is 1. The Morgan fingerprint density at radius 2 is 1.85 bits per heavy atom. The third-order valence-corrected chi connectivity index (χ3v) is 5.93. The molecule has 0 aliphatic carbocycles. The Kier molecular flexibility index (Phi) is 7.24. The lowest BCUT2D eigenvalue weighted by Gasteiger charge is -2.35. The lowest BCUT2D eigenvalue weighted by atomic mass is 9.85. The average Bonchev–Trinajstić information content (AvgIpc) is 3.30. The van der Waals surface area contributed by atoms with Gasteiger partial charge in [0.05, 0.1) is 24.0 Å². The van der Waals surface area contributed by atoms with Crippen LogP contribution in [0.3, 0.4) is 0 Å². The predicted octanol–water partition coefficient (Wildman–Crippen LogP) is 4.41. The first-order valence-electron chi connectivity index (χ1n) is 11.0. The fraction of sp³-hybridized carbons (Fsp3) is 0.542. The van der Waals surface area contributed by atoms with Crippen molar-refractivity contribution >= 4 is 27.9 Å². The van der Waals surface area contributed by atoms with Crippen LogP contribution in [0, 0.1) is 5.41 Å². The number of ether oxygens (including phenoxy) is 1. The number of aliphatic hydroxyl groups is 1. The molecule has 0 radical (unpaired) electrons. The van der Waals surface area contributed by atoms with Gasteiger partial charge in [-0.05, 0) is 43.9 Å². The number of carbonyl (C=O) groups is 2. The SMILES string of the molecule is CC(C)(C)OC(=O)NC(C(=O)N1C[C@H](O)C[C@H]1c1ncc(-c2ccc(Br)cc2)[nH]1)C(C)(C)C. The summed E-state index contributed by atoms with van der Waals surface area (Å²) in [5.74, 6) is 0.319. The van der Waals surface area contributed by atoms with Gasteiger partial charge in [0, 0.05) is 17.4 Å². The minimum Gasteiger partial charge on any atom is -0.444 e. The van der Waals surface area contributed by atoms with E-state index in [-0.39, 0.29) is 12.5 Å². The summed E-state index contributed by atoms with van der Waals surface area (Å²) in [6.45, 7) is 11.1. The molecule has 0 bridgehead atoms. The first-order valence-corrected chi connectivity index (χ1v) is 11.8. The molecule has 1 saturated heterocycles. The van der Waals surface area contributed by atoms with E-state index in [2.05, 4.69) is 31.2 Å². The van der Waals surface area contributed by atoms with Crippen molar-refractivity contribution in [2.45, 2.75) is 71.8 Å². The van der Waals surface area contributed by atoms with Crippen molar-refractivity contribution in [1.82, 2.24) is 20.2 Å². The normalized spacial score (nSPS) is 19.9. The van der Waals surface area contributed by atoms with E-state index in [9.17, 15) is 14.7 Å². The number of H-pyrrole nitrogens is 1. The van der Waals surface area contributed by atoms with E-state index in [0.29, 0.717) is 12.2 Å². The van der Waals surface area contributed by atoms with E-state index in [0.717, 1.165) is 15.7 Å². The van der Waals surface area contributed by atoms with Crippen LogP contribution < -0.4 is 5.32 Å². The largest absolute Gasteiger partial charge is 0.444 e. The number of aromatic amines is 1. The van der Waals surface area contributed by atoms with E-state index in [1.54, 1.807) is 31.9 Å². The van der Waals surface area contributed by atoms with Crippen LogP contribution in [0.15, 0.2) is 34.9 Å². The van der Waals surface area contributed by atoms with Crippen molar-refractivity contribution in [3.63, 3.8) is 0 Å². The molecule has 8 nitrogen and oxygen atoms in total. The number of aliphatic hydroxyl groups excluding tert-OH is 1. The van der Waals surface area contributed by atoms with Crippen LogP contribution in [0.5, 0.6) is 0 Å². The number of hydrogen-bond acceptors (Lipinski definition) is 5. The summed E-state index contributed by atoms with van der Waals surface area (Å²) in [5.41, 5.74) is 0.537. The molecule has 2 aromatic rings. The molecule has 3 N–H and O–H groups in total. The molecule has 180 valence electrons. The van der Waals surface area contributed by atoms with Crippen molar-refractivity contribution in [2.24, 2.45) is 5.41 Å². The fourth-order valence-electron chi connectivity index (χ4n) is 3.84. The Labute approximate surface area is 203 Å². The second-order valence-corrected chi connectivity index (χ2v) is 11.4. The highest BCUT2D eigenvalue weighted by molar-refractivity contribution is 9.10. The van der Waals surface area contributed by atoms with Crippen LogP contribution in [0.4, 0.5) is 4.79 Å². The number of carbonyl (C=O) groups excluding carboxylic acids is 2. The first-order chi connectivity index (χ1) is 15.2. The molecule has 1 aliphatic rings. The Hall–Kier alpha value is -2.39. The number of amides is 2. The highest BCUT2D eigenvalue weighted by Gasteiger charge is 2.43. The lowest BCUT2D eigenvalue weighted by Crippen LogP contribution is -2.55. The van der Waals surface area contributed by atoms with Crippen LogP contribution in [0.25, 0.3) is 11.3 Å². The van der Waals surface area contributed by atoms with Crippen LogP contribution in [-0.2, 0) is 9.53 Å². The Morgan fingerprint density at radius 3 is 2.42 bits per heavy atom. The summed E-state index contributed by atoms with van der Waals surface area (Å²) in [5, 5.41) is 13.1. The number of hydrogen-bond donors (Lipinski definition) is 3. The summed E-state index contributed by atoms with van der Waals surface area (Å²) in [7, 11) is 0. The molecule has 33 heavy (non-hydrogen) atoms. The first kappa shape index (κ1) is 25.2. The van der Waals surface area contributed by atoms with Crippen molar-refractivity contribution in [1.29, 1.82) is 0 Å². The number of alkyl carbamates (subject to hydrolysis) is 1. The van der Waals surface area contributed by atoms with Crippen LogP contribution in [-0.4, -0.2) is 56.3 Å². The minimum absolute atomic E-state index is 0.167. The summed E-state index contributed by atoms with van der Waals surface area (Å²) < 4.78 is 6.36. The van der Waals surface area contributed by atoms with Crippen molar-refractivity contribution in [3.8, 4) is 11.3 Å². The number of halogens is 1. The Morgan fingerprint density at radius 1 is 1.21 bits per heavy atom. The molecule has 9 heteroatoms. The van der Waals surface area contributed by atoms with E-state index < -0.39 is 35.3 Å². The maximum Gasteiger partial charge on any atom is 0.408 e. The molecule has 1 unspecified atom stereocenters. The van der Waals surface area contributed by atoms with Gasteiger partial charge in [-0.1, -0.05) is 48.8 Å². The molecule has 0 saturated carbocycles. The van der Waals surface area contributed by atoms with E-state index in [4.69, 9.17) is 4.74 Å². The van der Waals surface area contributed by atoms with Gasteiger partial charge in [0.15, 0.2) is 0 Å². The number of rotatable bonds is 4. The van der Waals surface area contributed by atoms with Gasteiger partial charge < -0.3 is 25.0 Å². The Balaban J connectivity index is 1.84. The summed E-state index contributed by atoms with van der Waals surface area (Å²) in [6, 6.07) is 6.56. The second-order valence-electron chi connectivity index (χ2n) is 10.5. The van der Waals surface area contributed by atoms with E-state index in [1.165, 1.54) is 0 Å². The van der Waals surface area contributed by atoms with Gasteiger partial charge in [-0.25, -0.2) is 9.78 Å². The quantitative estimate of drug-likeness (QED) is 0.553. The predicted molar refractivity (Wildman–Crippen MR) is 129 cm³/mol. The third kappa shape index (κ3) is 6.35. The van der Waals surface area contributed by atoms with Crippen molar-refractivity contribution < 1.29 is 19.4 Å². The molecule has 3 rings (SSSR count). The summed E-state index contributed by atoms with van der Waals surface area (Å²) >= 11 is 3.43. The number of likely N-dealkylation sites (tertiary alicyclic amines) is 1. The highest BCUT2D eigenvalue weighted by atomic mass is 79.9. The molecular weight excluding hydrogens is 488 g/mol. The van der Waals surface area contributed by atoms with E-state index >= 15 is 0 Å².